The van der Waals surface area contributed by atoms with Gasteiger partial charge in [0.25, 0.3) is 0 Å². The zero-order chi connectivity index (χ0) is 26.4. The number of nitrogens with one attached hydrogen (secondary N) is 3. The van der Waals surface area contributed by atoms with Crippen LogP contribution in [0.4, 0.5) is 26.4 Å². The predicted octanol–water partition coefficient (Wildman–Crippen LogP) is 5.63. The van der Waals surface area contributed by atoms with Crippen molar-refractivity contribution in [2.45, 2.75) is 19.3 Å². The topological polar surface area (TPSA) is 108 Å². The van der Waals surface area contributed by atoms with E-state index in [1.807, 2.05) is 0 Å². The number of rotatable bonds is 8. The molecule has 4 rings (SSSR count). The molecule has 1 aliphatic heterocycles. The second kappa shape index (κ2) is 12.2. The zero-order valence-corrected chi connectivity index (χ0v) is 22.2. The molecule has 0 aliphatic carbocycles. The van der Waals surface area contributed by atoms with Crippen molar-refractivity contribution in [3.8, 4) is 5.75 Å². The van der Waals surface area contributed by atoms with E-state index >= 15 is 0 Å². The molecule has 1 aromatic heterocycles. The number of fused-ring (bicyclic) bond motifs is 1. The number of aromatic nitrogens is 2. The lowest BCUT2D eigenvalue weighted by atomic mass is 10.1. The van der Waals surface area contributed by atoms with Crippen LogP contribution >= 0.6 is 27.5 Å². The Morgan fingerprint density at radius 3 is 2.73 bits per heavy atom. The number of hydrogen-bond donors (Lipinski definition) is 3. The van der Waals surface area contributed by atoms with E-state index in [4.69, 9.17) is 16.3 Å². The van der Waals surface area contributed by atoms with E-state index in [1.54, 1.807) is 23.1 Å². The van der Waals surface area contributed by atoms with Crippen LogP contribution in [0.2, 0.25) is 5.02 Å². The van der Waals surface area contributed by atoms with E-state index in [2.05, 4.69) is 48.4 Å². The highest BCUT2D eigenvalue weighted by Gasteiger charge is 2.17. The number of carbonyl (C=O) groups is 2. The Morgan fingerprint density at radius 2 is 1.97 bits per heavy atom. The first-order valence-electron chi connectivity index (χ1n) is 11.7. The van der Waals surface area contributed by atoms with Crippen LogP contribution in [0.25, 0.3) is 10.9 Å². The normalized spacial score (nSPS) is 13.2. The lowest BCUT2D eigenvalue weighted by Crippen LogP contribution is -2.43. The Bertz CT molecular complexity index is 1340. The van der Waals surface area contributed by atoms with Crippen molar-refractivity contribution < 1.29 is 18.7 Å². The average Bonchev–Trinajstić information content (AvgIpc) is 2.92. The van der Waals surface area contributed by atoms with Gasteiger partial charge in [-0.2, -0.15) is 0 Å². The van der Waals surface area contributed by atoms with Gasteiger partial charge < -0.3 is 25.6 Å². The fourth-order valence-electron chi connectivity index (χ4n) is 3.86. The Labute approximate surface area is 226 Å². The molecule has 9 nitrogen and oxygen atoms in total. The van der Waals surface area contributed by atoms with Crippen LogP contribution in [-0.2, 0) is 4.79 Å². The van der Waals surface area contributed by atoms with Crippen molar-refractivity contribution in [2.75, 3.05) is 36.9 Å². The summed E-state index contributed by atoms with van der Waals surface area (Å²) >= 11 is 9.21. The van der Waals surface area contributed by atoms with Gasteiger partial charge in [0.2, 0.25) is 5.91 Å². The minimum atomic E-state index is -0.644. The first-order valence-corrected chi connectivity index (χ1v) is 12.8. The second-order valence-corrected chi connectivity index (χ2v) is 9.49. The fraction of sp³-hybridized carbons (Fsp3) is 0.280. The molecule has 194 valence electrons. The van der Waals surface area contributed by atoms with Gasteiger partial charge in [-0.3, -0.25) is 4.79 Å². The molecular formula is C25H25BrClFN6O3. The summed E-state index contributed by atoms with van der Waals surface area (Å²) in [7, 11) is 0. The van der Waals surface area contributed by atoms with Crippen molar-refractivity contribution in [3.05, 3.63) is 58.6 Å². The quantitative estimate of drug-likeness (QED) is 0.178. The van der Waals surface area contributed by atoms with Crippen LogP contribution in [0.3, 0.4) is 0 Å². The van der Waals surface area contributed by atoms with Gasteiger partial charge in [-0.05, 0) is 59.5 Å². The van der Waals surface area contributed by atoms with Crippen LogP contribution in [0.1, 0.15) is 19.3 Å². The summed E-state index contributed by atoms with van der Waals surface area (Å²) in [6, 6.07) is 6.28. The molecule has 2 heterocycles. The van der Waals surface area contributed by atoms with Gasteiger partial charge in [-0.1, -0.05) is 18.2 Å². The minimum Gasteiger partial charge on any atom is -0.489 e. The van der Waals surface area contributed by atoms with Gasteiger partial charge >= 0.3 is 6.03 Å². The molecule has 0 bridgehead atoms. The highest BCUT2D eigenvalue weighted by molar-refractivity contribution is 9.10. The third-order valence-electron chi connectivity index (χ3n) is 5.75. The van der Waals surface area contributed by atoms with E-state index in [-0.39, 0.29) is 29.9 Å². The number of ether oxygens (including phenoxy) is 1. The summed E-state index contributed by atoms with van der Waals surface area (Å²) in [4.78, 5) is 34.7. The van der Waals surface area contributed by atoms with E-state index in [0.29, 0.717) is 32.6 Å². The number of halogens is 3. The second-order valence-electron chi connectivity index (χ2n) is 8.26. The maximum absolute atomic E-state index is 14.7. The molecule has 3 N–H and O–H groups in total. The number of piperidine rings is 1. The first kappa shape index (κ1) is 26.6. The van der Waals surface area contributed by atoms with Crippen LogP contribution in [0.5, 0.6) is 5.75 Å². The van der Waals surface area contributed by atoms with Crippen molar-refractivity contribution in [1.29, 1.82) is 0 Å². The largest absolute Gasteiger partial charge is 0.489 e. The third-order valence-corrected chi connectivity index (χ3v) is 7.01. The minimum absolute atomic E-state index is 0.0645. The molecule has 3 amide bonds. The van der Waals surface area contributed by atoms with Crippen molar-refractivity contribution in [3.63, 3.8) is 0 Å². The van der Waals surface area contributed by atoms with Crippen molar-refractivity contribution in [2.24, 2.45) is 0 Å². The molecule has 0 radical (unpaired) electrons. The lowest BCUT2D eigenvalue weighted by molar-refractivity contribution is -0.111. The van der Waals surface area contributed by atoms with E-state index in [0.717, 1.165) is 38.4 Å². The van der Waals surface area contributed by atoms with Gasteiger partial charge in [-0.15, -0.1) is 0 Å². The van der Waals surface area contributed by atoms with Crippen LogP contribution in [0, 0.1) is 5.82 Å². The summed E-state index contributed by atoms with van der Waals surface area (Å²) in [6.07, 6.45) is 5.61. The molecule has 0 unspecified atom stereocenters. The maximum atomic E-state index is 14.7. The number of likely N-dealkylation sites (tertiary alicyclic amines) is 1. The Hall–Kier alpha value is -3.44. The number of hydrogen-bond acceptors (Lipinski definition) is 6. The fourth-order valence-corrected chi connectivity index (χ4v) is 4.33. The number of carbonyl (C=O) groups excluding carboxylic acids is 2. The molecule has 12 heteroatoms. The van der Waals surface area contributed by atoms with Gasteiger partial charge in [-0.25, -0.2) is 19.2 Å². The third kappa shape index (κ3) is 6.47. The van der Waals surface area contributed by atoms with E-state index < -0.39 is 11.7 Å². The van der Waals surface area contributed by atoms with Gasteiger partial charge in [0, 0.05) is 29.0 Å². The molecule has 1 saturated heterocycles. The van der Waals surface area contributed by atoms with E-state index in [9.17, 15) is 14.0 Å². The first-order chi connectivity index (χ1) is 17.9. The predicted molar refractivity (Wildman–Crippen MR) is 145 cm³/mol. The molecule has 3 aromatic rings. The molecular weight excluding hydrogens is 567 g/mol. The number of amides is 3. The van der Waals surface area contributed by atoms with Crippen molar-refractivity contribution in [1.82, 2.24) is 20.2 Å². The molecule has 0 saturated carbocycles. The number of anilines is 3. The summed E-state index contributed by atoms with van der Waals surface area (Å²) in [5.41, 5.74) is 0.951. The van der Waals surface area contributed by atoms with Gasteiger partial charge in [0.15, 0.2) is 5.82 Å². The van der Waals surface area contributed by atoms with Crippen LogP contribution in [-0.4, -0.2) is 53.0 Å². The van der Waals surface area contributed by atoms with E-state index in [1.165, 1.54) is 12.4 Å². The zero-order valence-electron chi connectivity index (χ0n) is 19.8. The number of nitrogens with zero attached hydrogens (tertiary/aromatic N) is 3. The average molecular weight is 592 g/mol. The molecule has 37 heavy (non-hydrogen) atoms. The highest BCUT2D eigenvalue weighted by Crippen LogP contribution is 2.35. The SMILES string of the molecule is C=CC(=O)Nc1cc2c(Nc3ccc(Br)c(Cl)c3F)ncnc2cc1OCCNC(=O)N1CCCCC1. The number of urea groups is 1. The summed E-state index contributed by atoms with van der Waals surface area (Å²) in [5, 5.41) is 8.94. The summed E-state index contributed by atoms with van der Waals surface area (Å²) < 4.78 is 21.0. The Balaban J connectivity index is 1.55. The maximum Gasteiger partial charge on any atom is 0.317 e. The smallest absolute Gasteiger partial charge is 0.317 e. The molecule has 0 atom stereocenters. The Kier molecular flexibility index (Phi) is 8.78. The number of benzene rings is 2. The van der Waals surface area contributed by atoms with Crippen molar-refractivity contribution >= 4 is 67.6 Å². The lowest BCUT2D eigenvalue weighted by Gasteiger charge is -2.26. The monoisotopic (exact) mass is 590 g/mol. The van der Waals surface area contributed by atoms with Crippen LogP contribution in [0.15, 0.2) is 47.7 Å². The molecule has 1 aliphatic rings. The summed E-state index contributed by atoms with van der Waals surface area (Å²) in [6.45, 7) is 5.44. The molecule has 1 fully saturated rings. The van der Waals surface area contributed by atoms with Gasteiger partial charge in [0.05, 0.1) is 28.5 Å². The van der Waals surface area contributed by atoms with Crippen LogP contribution < -0.4 is 20.7 Å². The van der Waals surface area contributed by atoms with Gasteiger partial charge in [0.1, 0.15) is 24.5 Å². The Morgan fingerprint density at radius 1 is 1.19 bits per heavy atom. The summed E-state index contributed by atoms with van der Waals surface area (Å²) in [5.74, 6) is -0.441. The highest BCUT2D eigenvalue weighted by atomic mass is 79.9. The molecule has 2 aromatic carbocycles. The molecule has 0 spiro atoms. The standard InChI is InChI=1S/C25H25BrClFN6O3/c1-2-21(35)32-19-12-15-18(13-20(19)37-11-8-29-25(36)34-9-4-3-5-10-34)30-14-31-24(15)33-17-7-6-16(26)22(27)23(17)28/h2,6-7,12-14H,1,3-5,8-11H2,(H,29,36)(H,32,35)(H,30,31,33).